The molecule has 0 aliphatic heterocycles. The number of carbonyl (C=O) groups excluding carboxylic acids is 4. The lowest BCUT2D eigenvalue weighted by Gasteiger charge is -2.46. The molecular weight excluding hydrogens is 312 g/mol. The van der Waals surface area contributed by atoms with E-state index in [1.54, 1.807) is 0 Å². The maximum atomic E-state index is 12.3. The summed E-state index contributed by atoms with van der Waals surface area (Å²) in [5.74, 6) is -2.03. The number of amides is 2. The normalized spacial score (nSPS) is 20.2. The summed E-state index contributed by atoms with van der Waals surface area (Å²) in [6.07, 6.45) is 0.626. The number of rotatable bonds is 10. The fraction of sp³-hybridized carbons (Fsp3) is 0.692. The summed E-state index contributed by atoms with van der Waals surface area (Å²) < 4.78 is 9.29. The lowest BCUT2D eigenvalue weighted by Crippen LogP contribution is -2.74. The van der Waals surface area contributed by atoms with Crippen LogP contribution in [0.1, 0.15) is 12.8 Å². The van der Waals surface area contributed by atoms with Gasteiger partial charge in [-0.2, -0.15) is 0 Å². The van der Waals surface area contributed by atoms with E-state index in [2.05, 4.69) is 20.1 Å². The molecule has 0 saturated heterocycles. The monoisotopic (exact) mass is 332 g/mol. The molecular formula is C13H20N2O8. The molecule has 10 nitrogen and oxygen atoms in total. The number of carbonyl (C=O) groups is 4. The first-order valence-electron chi connectivity index (χ1n) is 6.73. The van der Waals surface area contributed by atoms with E-state index in [4.69, 9.17) is 0 Å². The van der Waals surface area contributed by atoms with Crippen LogP contribution in [0.25, 0.3) is 0 Å². The van der Waals surface area contributed by atoms with Crippen molar-refractivity contribution < 1.29 is 38.9 Å². The Bertz CT molecular complexity index is 452. The van der Waals surface area contributed by atoms with Crippen molar-refractivity contribution in [3.05, 3.63) is 0 Å². The number of hydrogen-bond donors (Lipinski definition) is 4. The first-order valence-corrected chi connectivity index (χ1v) is 6.73. The molecule has 10 heteroatoms. The van der Waals surface area contributed by atoms with Gasteiger partial charge >= 0.3 is 11.9 Å². The lowest BCUT2D eigenvalue weighted by atomic mass is 9.67. The summed E-state index contributed by atoms with van der Waals surface area (Å²) in [5.41, 5.74) is -5.57. The van der Waals surface area contributed by atoms with Crippen molar-refractivity contribution in [1.82, 2.24) is 10.6 Å². The molecule has 1 fully saturated rings. The van der Waals surface area contributed by atoms with Crippen molar-refractivity contribution in [2.75, 3.05) is 27.4 Å². The summed E-state index contributed by atoms with van der Waals surface area (Å²) in [6.45, 7) is -1.81. The molecule has 0 aromatic carbocycles. The van der Waals surface area contributed by atoms with Crippen LogP contribution in [0, 0.1) is 5.41 Å². The molecule has 0 bridgehead atoms. The van der Waals surface area contributed by atoms with Crippen molar-refractivity contribution in [2.24, 2.45) is 5.41 Å². The third-order valence-corrected chi connectivity index (χ3v) is 4.54. The Morgan fingerprint density at radius 1 is 1.00 bits per heavy atom. The molecule has 0 aromatic heterocycles. The second-order valence-electron chi connectivity index (χ2n) is 5.22. The minimum Gasteiger partial charge on any atom is -0.467 e. The van der Waals surface area contributed by atoms with Gasteiger partial charge in [0.2, 0.25) is 12.8 Å². The minimum atomic E-state index is -2.03. The number of esters is 2. The van der Waals surface area contributed by atoms with E-state index in [9.17, 15) is 29.4 Å². The molecule has 0 radical (unpaired) electrons. The summed E-state index contributed by atoms with van der Waals surface area (Å²) in [4.78, 5) is 46.5. The van der Waals surface area contributed by atoms with Gasteiger partial charge in [0, 0.05) is 5.41 Å². The first-order chi connectivity index (χ1) is 10.9. The van der Waals surface area contributed by atoms with Gasteiger partial charge in [0.25, 0.3) is 0 Å². The summed E-state index contributed by atoms with van der Waals surface area (Å²) >= 11 is 0. The molecule has 0 aromatic rings. The maximum absolute atomic E-state index is 12.3. The van der Waals surface area contributed by atoms with Crippen LogP contribution in [0.3, 0.4) is 0 Å². The Balaban J connectivity index is 3.59. The Morgan fingerprint density at radius 2 is 1.35 bits per heavy atom. The van der Waals surface area contributed by atoms with E-state index in [-0.39, 0.29) is 25.7 Å². The number of methoxy groups -OCH3 is 2. The fourth-order valence-corrected chi connectivity index (χ4v) is 3.20. The predicted molar refractivity (Wildman–Crippen MR) is 73.7 cm³/mol. The lowest BCUT2D eigenvalue weighted by molar-refractivity contribution is -0.169. The molecule has 2 amide bonds. The highest BCUT2D eigenvalue weighted by Gasteiger charge is 2.76. The van der Waals surface area contributed by atoms with Crippen LogP contribution in [0.15, 0.2) is 0 Å². The van der Waals surface area contributed by atoms with Crippen LogP contribution in [-0.2, 0) is 28.7 Å². The van der Waals surface area contributed by atoms with Gasteiger partial charge in [-0.25, -0.2) is 9.59 Å². The Morgan fingerprint density at radius 3 is 1.52 bits per heavy atom. The van der Waals surface area contributed by atoms with E-state index < -0.39 is 41.6 Å². The fourth-order valence-electron chi connectivity index (χ4n) is 3.20. The van der Waals surface area contributed by atoms with E-state index >= 15 is 0 Å². The van der Waals surface area contributed by atoms with Crippen LogP contribution >= 0.6 is 0 Å². The van der Waals surface area contributed by atoms with Crippen LogP contribution in [0.2, 0.25) is 0 Å². The number of nitrogens with one attached hydrogen (secondary N) is 2. The summed E-state index contributed by atoms with van der Waals surface area (Å²) in [5, 5.41) is 24.0. The van der Waals surface area contributed by atoms with Crippen LogP contribution in [0.4, 0.5) is 0 Å². The number of aliphatic hydroxyl groups is 2. The van der Waals surface area contributed by atoms with Gasteiger partial charge in [-0.1, -0.05) is 0 Å². The molecule has 1 saturated carbocycles. The highest BCUT2D eigenvalue weighted by Crippen LogP contribution is 2.61. The highest BCUT2D eigenvalue weighted by atomic mass is 16.5. The van der Waals surface area contributed by atoms with Crippen LogP contribution in [-0.4, -0.2) is 73.5 Å². The SMILES string of the molecule is COC(=O)[C@@](CO)(NC=O)C1([C@](CO)(NC=O)C(=O)OC)CC1. The molecule has 1 aliphatic carbocycles. The van der Waals surface area contributed by atoms with Gasteiger partial charge in [-0.05, 0) is 12.8 Å². The van der Waals surface area contributed by atoms with Crippen molar-refractivity contribution in [1.29, 1.82) is 0 Å². The molecule has 130 valence electrons. The van der Waals surface area contributed by atoms with Gasteiger partial charge in [0.1, 0.15) is 0 Å². The van der Waals surface area contributed by atoms with E-state index in [0.29, 0.717) is 0 Å². The number of aliphatic hydroxyl groups excluding tert-OH is 2. The maximum Gasteiger partial charge on any atom is 0.334 e. The Kier molecular flexibility index (Phi) is 5.67. The Labute approximate surface area is 132 Å². The largest absolute Gasteiger partial charge is 0.467 e. The second-order valence-corrected chi connectivity index (χ2v) is 5.22. The smallest absolute Gasteiger partial charge is 0.334 e. The number of ether oxygens (including phenoxy) is 2. The average molecular weight is 332 g/mol. The third-order valence-electron chi connectivity index (χ3n) is 4.54. The quantitative estimate of drug-likeness (QED) is 0.245. The van der Waals surface area contributed by atoms with Gasteiger partial charge < -0.3 is 30.3 Å². The Hall–Kier alpha value is -2.20. The van der Waals surface area contributed by atoms with Crippen molar-refractivity contribution in [3.8, 4) is 0 Å². The minimum absolute atomic E-state index is 0.139. The van der Waals surface area contributed by atoms with E-state index in [1.165, 1.54) is 0 Å². The van der Waals surface area contributed by atoms with Gasteiger partial charge in [-0.3, -0.25) is 9.59 Å². The molecule has 4 N–H and O–H groups in total. The van der Waals surface area contributed by atoms with Crippen LogP contribution in [0.5, 0.6) is 0 Å². The summed E-state index contributed by atoms with van der Waals surface area (Å²) in [7, 11) is 2.09. The van der Waals surface area contributed by atoms with Crippen LogP contribution < -0.4 is 10.6 Å². The van der Waals surface area contributed by atoms with E-state index in [0.717, 1.165) is 14.2 Å². The molecule has 0 heterocycles. The van der Waals surface area contributed by atoms with Gasteiger partial charge in [-0.15, -0.1) is 0 Å². The van der Waals surface area contributed by atoms with Crippen molar-refractivity contribution in [2.45, 2.75) is 23.9 Å². The van der Waals surface area contributed by atoms with E-state index in [1.807, 2.05) is 0 Å². The zero-order chi connectivity index (χ0) is 17.7. The van der Waals surface area contributed by atoms with Crippen molar-refractivity contribution in [3.63, 3.8) is 0 Å². The second kappa shape index (κ2) is 6.92. The standard InChI is InChI=1S/C13H20N2O8/c1-22-9(20)12(5-16,14-7-18)11(3-4-11)13(6-17,15-8-19)10(21)23-2/h7-8,16-17H,3-6H2,1-2H3,(H,14,18)(H,15,19)/t12-,13-/m1/s1. The first kappa shape index (κ1) is 18.8. The third kappa shape index (κ3) is 2.43. The molecule has 23 heavy (non-hydrogen) atoms. The predicted octanol–water partition coefficient (Wildman–Crippen LogP) is -2.93. The summed E-state index contributed by atoms with van der Waals surface area (Å²) in [6, 6.07) is 0. The molecule has 0 unspecified atom stereocenters. The molecule has 1 rings (SSSR count). The van der Waals surface area contributed by atoms with Crippen molar-refractivity contribution >= 4 is 24.8 Å². The highest BCUT2D eigenvalue weighted by molar-refractivity contribution is 5.92. The zero-order valence-corrected chi connectivity index (χ0v) is 12.8. The molecule has 0 spiro atoms. The van der Waals surface area contributed by atoms with Gasteiger partial charge in [0.05, 0.1) is 27.4 Å². The molecule has 1 aliphatic rings. The molecule has 2 atom stereocenters. The zero-order valence-electron chi connectivity index (χ0n) is 12.8. The number of hydrogen-bond acceptors (Lipinski definition) is 8. The van der Waals surface area contributed by atoms with Gasteiger partial charge in [0.15, 0.2) is 11.1 Å². The average Bonchev–Trinajstić information content (AvgIpc) is 3.38. The topological polar surface area (TPSA) is 151 Å².